The molecule has 0 saturated heterocycles. The Morgan fingerprint density at radius 3 is 1.17 bits per heavy atom. The van der Waals surface area contributed by atoms with Crippen LogP contribution in [0.2, 0.25) is 0 Å². The molecule has 176 valence electrons. The zero-order chi connectivity index (χ0) is 24.7. The summed E-state index contributed by atoms with van der Waals surface area (Å²) in [6.07, 6.45) is 0. The maximum Gasteiger partial charge on any atom is 0.251 e. The van der Waals surface area contributed by atoms with Crippen LogP contribution in [-0.4, -0.2) is 24.9 Å². The first-order valence-corrected chi connectivity index (χ1v) is 11.8. The lowest BCUT2D eigenvalue weighted by Gasteiger charge is -2.25. The molecule has 0 spiro atoms. The van der Waals surface area contributed by atoms with Crippen molar-refractivity contribution in [1.82, 2.24) is 10.6 Å². The van der Waals surface area contributed by atoms with Crippen LogP contribution in [0.1, 0.15) is 34.6 Å². The van der Waals surface area contributed by atoms with Crippen molar-refractivity contribution >= 4 is 11.8 Å². The Morgan fingerprint density at radius 1 is 0.514 bits per heavy atom. The third kappa shape index (κ3) is 6.45. The third-order valence-corrected chi connectivity index (χ3v) is 5.96. The Bertz CT molecular complexity index is 1160. The largest absolute Gasteiger partial charge is 0.351 e. The minimum atomic E-state index is -0.306. The lowest BCUT2D eigenvalue weighted by Crippen LogP contribution is -2.42. The molecule has 35 heavy (non-hydrogen) atoms. The van der Waals surface area contributed by atoms with Crippen molar-refractivity contribution in [2.24, 2.45) is 5.41 Å². The van der Waals surface area contributed by atoms with Gasteiger partial charge in [-0.2, -0.15) is 0 Å². The number of nitrogens with one attached hydrogen (secondary N) is 2. The average molecular weight is 463 g/mol. The summed E-state index contributed by atoms with van der Waals surface area (Å²) in [7, 11) is 0. The van der Waals surface area contributed by atoms with Crippen molar-refractivity contribution in [1.29, 1.82) is 0 Å². The second kappa shape index (κ2) is 10.8. The summed E-state index contributed by atoms with van der Waals surface area (Å²) in [6, 6.07) is 35.3. The number of rotatable bonds is 8. The first-order valence-electron chi connectivity index (χ1n) is 11.8. The molecular formula is C31H30N2O2. The van der Waals surface area contributed by atoms with Crippen LogP contribution >= 0.6 is 0 Å². The summed E-state index contributed by atoms with van der Waals surface area (Å²) >= 11 is 0. The van der Waals surface area contributed by atoms with E-state index in [-0.39, 0.29) is 17.2 Å². The molecule has 2 amide bonds. The normalized spacial score (nSPS) is 11.0. The summed E-state index contributed by atoms with van der Waals surface area (Å²) in [6.45, 7) is 4.92. The number of amides is 2. The van der Waals surface area contributed by atoms with Crippen LogP contribution in [0.25, 0.3) is 22.3 Å². The Balaban J connectivity index is 1.27. The maximum atomic E-state index is 12.6. The molecule has 4 nitrogen and oxygen atoms in total. The number of hydrogen-bond acceptors (Lipinski definition) is 2. The van der Waals surface area contributed by atoms with Gasteiger partial charge in [0, 0.05) is 24.2 Å². The van der Waals surface area contributed by atoms with E-state index in [1.54, 1.807) is 0 Å². The van der Waals surface area contributed by atoms with E-state index in [1.165, 1.54) is 0 Å². The minimum Gasteiger partial charge on any atom is -0.351 e. The predicted octanol–water partition coefficient (Wildman–Crippen LogP) is 6.21. The van der Waals surface area contributed by atoms with Gasteiger partial charge in [-0.3, -0.25) is 9.59 Å². The Hall–Kier alpha value is -4.18. The molecule has 0 fully saturated rings. The number of carbonyl (C=O) groups excluding carboxylic acids is 2. The van der Waals surface area contributed by atoms with Crippen molar-refractivity contribution in [3.63, 3.8) is 0 Å². The summed E-state index contributed by atoms with van der Waals surface area (Å²) in [5, 5.41) is 5.99. The molecule has 0 unspecified atom stereocenters. The molecule has 2 N–H and O–H groups in total. The highest BCUT2D eigenvalue weighted by Gasteiger charge is 2.21. The lowest BCUT2D eigenvalue weighted by atomic mass is 9.93. The number of carbonyl (C=O) groups is 2. The van der Waals surface area contributed by atoms with Gasteiger partial charge in [0.15, 0.2) is 0 Å². The van der Waals surface area contributed by atoms with Gasteiger partial charge in [-0.15, -0.1) is 0 Å². The Labute approximate surface area is 207 Å². The lowest BCUT2D eigenvalue weighted by molar-refractivity contribution is 0.0920. The SMILES string of the molecule is CC(C)(CNC(=O)c1ccc(-c2ccccc2)cc1)CNC(=O)c1ccc(-c2ccccc2)cc1. The van der Waals surface area contributed by atoms with Crippen molar-refractivity contribution in [3.8, 4) is 22.3 Å². The van der Waals surface area contributed by atoms with Crippen molar-refractivity contribution < 1.29 is 9.59 Å². The minimum absolute atomic E-state index is 0.125. The molecule has 4 aromatic carbocycles. The van der Waals surface area contributed by atoms with Crippen LogP contribution in [0.15, 0.2) is 109 Å². The molecule has 0 aliphatic heterocycles. The average Bonchev–Trinajstić information content (AvgIpc) is 2.92. The van der Waals surface area contributed by atoms with E-state index in [1.807, 2.05) is 123 Å². The van der Waals surface area contributed by atoms with Crippen molar-refractivity contribution in [3.05, 3.63) is 120 Å². The molecule has 0 heterocycles. The zero-order valence-corrected chi connectivity index (χ0v) is 20.1. The molecule has 0 saturated carbocycles. The highest BCUT2D eigenvalue weighted by atomic mass is 16.2. The fraction of sp³-hybridized carbons (Fsp3) is 0.161. The first kappa shape index (κ1) is 24.0. The van der Waals surface area contributed by atoms with E-state index in [4.69, 9.17) is 0 Å². The molecule has 0 radical (unpaired) electrons. The van der Waals surface area contributed by atoms with Gasteiger partial charge in [0.2, 0.25) is 0 Å². The number of hydrogen-bond donors (Lipinski definition) is 2. The fourth-order valence-corrected chi connectivity index (χ4v) is 3.80. The van der Waals surface area contributed by atoms with Crippen LogP contribution in [0, 0.1) is 5.41 Å². The van der Waals surface area contributed by atoms with E-state index in [2.05, 4.69) is 10.6 Å². The number of benzene rings is 4. The van der Waals surface area contributed by atoms with Gasteiger partial charge in [-0.1, -0.05) is 98.8 Å². The molecule has 0 atom stereocenters. The Kier molecular flexibility index (Phi) is 7.41. The summed E-state index contributed by atoms with van der Waals surface area (Å²) in [4.78, 5) is 25.3. The molecule has 4 aromatic rings. The van der Waals surface area contributed by atoms with E-state index in [0.717, 1.165) is 22.3 Å². The van der Waals surface area contributed by atoms with Crippen LogP contribution < -0.4 is 10.6 Å². The van der Waals surface area contributed by atoms with E-state index in [0.29, 0.717) is 24.2 Å². The van der Waals surface area contributed by atoms with Crippen LogP contribution in [0.4, 0.5) is 0 Å². The van der Waals surface area contributed by atoms with Crippen LogP contribution in [0.3, 0.4) is 0 Å². The highest BCUT2D eigenvalue weighted by molar-refractivity contribution is 5.95. The van der Waals surface area contributed by atoms with E-state index in [9.17, 15) is 9.59 Å². The van der Waals surface area contributed by atoms with Gasteiger partial charge >= 0.3 is 0 Å². The summed E-state index contributed by atoms with van der Waals surface area (Å²) < 4.78 is 0. The van der Waals surface area contributed by atoms with Gasteiger partial charge in [-0.25, -0.2) is 0 Å². The van der Waals surface area contributed by atoms with Gasteiger partial charge in [0.1, 0.15) is 0 Å². The quantitative estimate of drug-likeness (QED) is 0.327. The summed E-state index contributed by atoms with van der Waals surface area (Å²) in [5.41, 5.74) is 5.30. The smallest absolute Gasteiger partial charge is 0.251 e. The van der Waals surface area contributed by atoms with Gasteiger partial charge in [-0.05, 0) is 51.9 Å². The van der Waals surface area contributed by atoms with E-state index >= 15 is 0 Å². The summed E-state index contributed by atoms with van der Waals surface area (Å²) in [5.74, 6) is -0.249. The van der Waals surface area contributed by atoms with Crippen molar-refractivity contribution in [2.45, 2.75) is 13.8 Å². The second-order valence-corrected chi connectivity index (χ2v) is 9.42. The fourth-order valence-electron chi connectivity index (χ4n) is 3.80. The van der Waals surface area contributed by atoms with Crippen LogP contribution in [-0.2, 0) is 0 Å². The molecule has 0 aliphatic carbocycles. The standard InChI is InChI=1S/C31H30N2O2/c1-31(2,21-32-29(34)27-17-13-25(14-18-27)23-9-5-3-6-10-23)22-33-30(35)28-19-15-26(16-20-28)24-11-7-4-8-12-24/h3-20H,21-22H2,1-2H3,(H,32,34)(H,33,35). The Morgan fingerprint density at radius 2 is 0.829 bits per heavy atom. The van der Waals surface area contributed by atoms with Gasteiger partial charge < -0.3 is 10.6 Å². The first-order chi connectivity index (χ1) is 16.9. The molecule has 4 heteroatoms. The highest BCUT2D eigenvalue weighted by Crippen LogP contribution is 2.21. The topological polar surface area (TPSA) is 58.2 Å². The zero-order valence-electron chi connectivity index (χ0n) is 20.1. The maximum absolute atomic E-state index is 12.6. The van der Waals surface area contributed by atoms with Gasteiger partial charge in [0.05, 0.1) is 0 Å². The third-order valence-electron chi connectivity index (χ3n) is 5.96. The molecule has 0 aromatic heterocycles. The molecule has 0 aliphatic rings. The monoisotopic (exact) mass is 462 g/mol. The van der Waals surface area contributed by atoms with Crippen molar-refractivity contribution in [2.75, 3.05) is 13.1 Å². The molecule has 0 bridgehead atoms. The predicted molar refractivity (Wildman–Crippen MR) is 142 cm³/mol. The molecule has 4 rings (SSSR count). The van der Waals surface area contributed by atoms with Gasteiger partial charge in [0.25, 0.3) is 11.8 Å². The van der Waals surface area contributed by atoms with Crippen LogP contribution in [0.5, 0.6) is 0 Å². The molecular weight excluding hydrogens is 432 g/mol. The second-order valence-electron chi connectivity index (χ2n) is 9.42. The van der Waals surface area contributed by atoms with E-state index < -0.39 is 0 Å².